The summed E-state index contributed by atoms with van der Waals surface area (Å²) >= 11 is 0. The lowest BCUT2D eigenvalue weighted by Gasteiger charge is -2.34. The number of nitrogens with two attached hydrogens (primary N) is 1. The summed E-state index contributed by atoms with van der Waals surface area (Å²) < 4.78 is 16.2. The highest BCUT2D eigenvalue weighted by Crippen LogP contribution is 2.32. The van der Waals surface area contributed by atoms with Gasteiger partial charge in [0.25, 0.3) is 0 Å². The molecular weight excluding hydrogens is 312 g/mol. The van der Waals surface area contributed by atoms with Crippen molar-refractivity contribution in [1.82, 2.24) is 4.90 Å². The zero-order valence-electron chi connectivity index (χ0n) is 13.6. The standard InChI is InChI=1S/C17H24N2O5/c18-17(21)14-3-1-2-6-19(14)8-13(20)10-22-9-12-4-5-15-16(7-12)24-11-23-15/h4-5,7,13-14,20H,1-3,6,8-11H2,(H2,18,21). The van der Waals surface area contributed by atoms with Crippen molar-refractivity contribution in [2.24, 2.45) is 5.73 Å². The van der Waals surface area contributed by atoms with Crippen LogP contribution in [0.5, 0.6) is 11.5 Å². The molecule has 7 heteroatoms. The number of nitrogens with zero attached hydrogens (tertiary/aromatic N) is 1. The second-order valence-corrected chi connectivity index (χ2v) is 6.27. The van der Waals surface area contributed by atoms with Crippen LogP contribution in [0, 0.1) is 0 Å². The van der Waals surface area contributed by atoms with Crippen LogP contribution in [0.2, 0.25) is 0 Å². The van der Waals surface area contributed by atoms with Crippen LogP contribution in [0.1, 0.15) is 24.8 Å². The predicted molar refractivity (Wildman–Crippen MR) is 86.6 cm³/mol. The number of hydrogen-bond donors (Lipinski definition) is 2. The Morgan fingerprint density at radius 3 is 3.04 bits per heavy atom. The number of piperidine rings is 1. The first-order chi connectivity index (χ1) is 11.6. The van der Waals surface area contributed by atoms with Gasteiger partial charge in [0.2, 0.25) is 12.7 Å². The molecular formula is C17H24N2O5. The molecule has 7 nitrogen and oxygen atoms in total. The largest absolute Gasteiger partial charge is 0.454 e. The molecule has 1 saturated heterocycles. The van der Waals surface area contributed by atoms with Gasteiger partial charge in [-0.2, -0.15) is 0 Å². The van der Waals surface area contributed by atoms with Gasteiger partial charge in [0.1, 0.15) is 0 Å². The van der Waals surface area contributed by atoms with E-state index >= 15 is 0 Å². The van der Waals surface area contributed by atoms with Crippen molar-refractivity contribution >= 4 is 5.91 Å². The summed E-state index contributed by atoms with van der Waals surface area (Å²) in [5.74, 6) is 1.14. The van der Waals surface area contributed by atoms with Crippen molar-refractivity contribution < 1.29 is 24.1 Å². The van der Waals surface area contributed by atoms with Crippen LogP contribution in [-0.2, 0) is 16.1 Å². The van der Waals surface area contributed by atoms with E-state index in [4.69, 9.17) is 19.9 Å². The van der Waals surface area contributed by atoms with Gasteiger partial charge in [-0.25, -0.2) is 0 Å². The second-order valence-electron chi connectivity index (χ2n) is 6.27. The smallest absolute Gasteiger partial charge is 0.234 e. The van der Waals surface area contributed by atoms with E-state index in [9.17, 15) is 9.90 Å². The third kappa shape index (κ3) is 4.17. The lowest BCUT2D eigenvalue weighted by molar-refractivity contribution is -0.125. The third-order valence-corrected chi connectivity index (χ3v) is 4.40. The Morgan fingerprint density at radius 1 is 1.38 bits per heavy atom. The number of primary amides is 1. The molecule has 0 radical (unpaired) electrons. The minimum atomic E-state index is -0.654. The molecule has 2 aliphatic heterocycles. The Labute approximate surface area is 141 Å². The number of carbonyl (C=O) groups excluding carboxylic acids is 1. The van der Waals surface area contributed by atoms with Crippen LogP contribution in [0.3, 0.4) is 0 Å². The first-order valence-electron chi connectivity index (χ1n) is 8.31. The first-order valence-corrected chi connectivity index (χ1v) is 8.31. The highest BCUT2D eigenvalue weighted by atomic mass is 16.7. The van der Waals surface area contributed by atoms with Crippen LogP contribution in [0.25, 0.3) is 0 Å². The van der Waals surface area contributed by atoms with Crippen molar-refractivity contribution in [3.63, 3.8) is 0 Å². The summed E-state index contributed by atoms with van der Waals surface area (Å²) in [7, 11) is 0. The summed E-state index contributed by atoms with van der Waals surface area (Å²) in [5, 5.41) is 10.2. The summed E-state index contributed by atoms with van der Waals surface area (Å²) in [4.78, 5) is 13.4. The molecule has 1 amide bonds. The number of carbonyl (C=O) groups is 1. The van der Waals surface area contributed by atoms with E-state index in [2.05, 4.69) is 0 Å². The molecule has 0 spiro atoms. The molecule has 2 heterocycles. The maximum Gasteiger partial charge on any atom is 0.234 e. The van der Waals surface area contributed by atoms with Crippen molar-refractivity contribution in [3.05, 3.63) is 23.8 Å². The van der Waals surface area contributed by atoms with Gasteiger partial charge < -0.3 is 25.1 Å². The van der Waals surface area contributed by atoms with Crippen LogP contribution in [0.4, 0.5) is 0 Å². The Balaban J connectivity index is 1.43. The van der Waals surface area contributed by atoms with E-state index in [1.54, 1.807) is 0 Å². The topological polar surface area (TPSA) is 94.3 Å². The first kappa shape index (κ1) is 17.0. The van der Waals surface area contributed by atoms with Gasteiger partial charge in [0, 0.05) is 6.54 Å². The number of fused-ring (bicyclic) bond motifs is 1. The van der Waals surface area contributed by atoms with Gasteiger partial charge in [-0.05, 0) is 37.1 Å². The fourth-order valence-corrected chi connectivity index (χ4v) is 3.20. The van der Waals surface area contributed by atoms with Gasteiger partial charge in [-0.1, -0.05) is 12.5 Å². The van der Waals surface area contributed by atoms with Crippen molar-refractivity contribution in [2.45, 2.75) is 38.0 Å². The molecule has 2 aliphatic rings. The number of rotatable bonds is 7. The number of amides is 1. The highest BCUT2D eigenvalue weighted by molar-refractivity contribution is 5.79. The summed E-state index contributed by atoms with van der Waals surface area (Å²) in [6, 6.07) is 5.36. The molecule has 2 atom stereocenters. The summed E-state index contributed by atoms with van der Waals surface area (Å²) in [5.41, 5.74) is 6.40. The quantitative estimate of drug-likeness (QED) is 0.759. The van der Waals surface area contributed by atoms with Crippen LogP contribution < -0.4 is 15.2 Å². The minimum Gasteiger partial charge on any atom is -0.454 e. The zero-order chi connectivity index (χ0) is 16.9. The molecule has 3 N–H and O–H groups in total. The number of likely N-dealkylation sites (tertiary alicyclic amines) is 1. The van der Waals surface area contributed by atoms with Crippen molar-refractivity contribution in [3.8, 4) is 11.5 Å². The molecule has 1 fully saturated rings. The van der Waals surface area contributed by atoms with Crippen molar-refractivity contribution in [1.29, 1.82) is 0 Å². The highest BCUT2D eigenvalue weighted by Gasteiger charge is 2.28. The summed E-state index contributed by atoms with van der Waals surface area (Å²) in [6.07, 6.45) is 2.13. The molecule has 0 aromatic heterocycles. The number of benzene rings is 1. The van der Waals surface area contributed by atoms with Gasteiger partial charge in [0.05, 0.1) is 25.4 Å². The Kier molecular flexibility index (Phi) is 5.55. The Hall–Kier alpha value is -1.83. The van der Waals surface area contributed by atoms with E-state index in [1.807, 2.05) is 23.1 Å². The average Bonchev–Trinajstić information content (AvgIpc) is 3.03. The normalized spacial score (nSPS) is 21.6. The molecule has 0 aliphatic carbocycles. The van der Waals surface area contributed by atoms with Gasteiger partial charge in [0.15, 0.2) is 11.5 Å². The number of aliphatic hydroxyl groups is 1. The fraction of sp³-hybridized carbons (Fsp3) is 0.588. The summed E-state index contributed by atoms with van der Waals surface area (Å²) in [6.45, 7) is 2.01. The molecule has 132 valence electrons. The molecule has 2 unspecified atom stereocenters. The molecule has 3 rings (SSSR count). The monoisotopic (exact) mass is 336 g/mol. The molecule has 1 aromatic carbocycles. The van der Waals surface area contributed by atoms with Crippen LogP contribution >= 0.6 is 0 Å². The SMILES string of the molecule is NC(=O)C1CCCCN1CC(O)COCc1ccc2c(c1)OCO2. The molecule has 1 aromatic rings. The predicted octanol–water partition coefficient (Wildman–Crippen LogP) is 0.633. The van der Waals surface area contributed by atoms with E-state index in [0.717, 1.165) is 37.1 Å². The van der Waals surface area contributed by atoms with Crippen molar-refractivity contribution in [2.75, 3.05) is 26.5 Å². The van der Waals surface area contributed by atoms with Crippen LogP contribution in [0.15, 0.2) is 18.2 Å². The molecule has 24 heavy (non-hydrogen) atoms. The maximum atomic E-state index is 11.5. The van der Waals surface area contributed by atoms with Crippen LogP contribution in [-0.4, -0.2) is 54.5 Å². The van der Waals surface area contributed by atoms with Gasteiger partial charge in [-0.3, -0.25) is 9.69 Å². The van der Waals surface area contributed by atoms with E-state index in [1.165, 1.54) is 0 Å². The minimum absolute atomic E-state index is 0.205. The Morgan fingerprint density at radius 2 is 2.21 bits per heavy atom. The number of ether oxygens (including phenoxy) is 3. The zero-order valence-corrected chi connectivity index (χ0v) is 13.6. The second kappa shape index (κ2) is 7.83. The van der Waals surface area contributed by atoms with E-state index in [-0.39, 0.29) is 25.3 Å². The molecule has 0 bridgehead atoms. The van der Waals surface area contributed by atoms with Gasteiger partial charge in [-0.15, -0.1) is 0 Å². The number of hydrogen-bond acceptors (Lipinski definition) is 6. The number of β-amino-alcohol motifs (C(OH)–C–C–N with tert-alkyl or cyclic N) is 1. The van der Waals surface area contributed by atoms with Gasteiger partial charge >= 0.3 is 0 Å². The lowest BCUT2D eigenvalue weighted by atomic mass is 10.0. The van der Waals surface area contributed by atoms with E-state index < -0.39 is 6.10 Å². The third-order valence-electron chi connectivity index (χ3n) is 4.40. The molecule has 0 saturated carbocycles. The number of aliphatic hydroxyl groups excluding tert-OH is 1. The maximum absolute atomic E-state index is 11.5. The average molecular weight is 336 g/mol. The van der Waals surface area contributed by atoms with E-state index in [0.29, 0.717) is 18.9 Å². The lowest BCUT2D eigenvalue weighted by Crippen LogP contribution is -2.50. The Bertz CT molecular complexity index is 580. The fourth-order valence-electron chi connectivity index (χ4n) is 3.20.